The molecule has 1 aromatic heterocycles. The van der Waals surface area contributed by atoms with E-state index in [-0.39, 0.29) is 29.8 Å². The third-order valence-electron chi connectivity index (χ3n) is 1.98. The molecule has 0 saturated carbocycles. The molecule has 4 nitrogen and oxygen atoms in total. The van der Waals surface area contributed by atoms with Gasteiger partial charge in [0.25, 0.3) is 6.43 Å². The Balaban J connectivity index is 2.89. The molecule has 0 saturated heterocycles. The van der Waals surface area contributed by atoms with Gasteiger partial charge in [-0.1, -0.05) is 0 Å². The third kappa shape index (κ3) is 2.88. The Kier molecular flexibility index (Phi) is 4.16. The van der Waals surface area contributed by atoms with E-state index in [2.05, 4.69) is 4.98 Å². The number of ether oxygens (including phenoxy) is 1. The van der Waals surface area contributed by atoms with Crippen LogP contribution in [0.4, 0.5) is 14.5 Å². The molecule has 16 heavy (non-hydrogen) atoms. The largest absolute Gasteiger partial charge is 0.466 e. The quantitative estimate of drug-likeness (QED) is 0.799. The molecular weight excluding hydrogens is 218 g/mol. The van der Waals surface area contributed by atoms with Gasteiger partial charge in [-0.25, -0.2) is 8.78 Å². The number of nitrogens with zero attached hydrogens (tertiary/aromatic N) is 1. The van der Waals surface area contributed by atoms with Gasteiger partial charge in [-0.2, -0.15) is 0 Å². The Morgan fingerprint density at radius 2 is 2.25 bits per heavy atom. The van der Waals surface area contributed by atoms with Crippen LogP contribution in [0.15, 0.2) is 12.4 Å². The average molecular weight is 230 g/mol. The number of aromatic nitrogens is 1. The maximum Gasteiger partial charge on any atom is 0.310 e. The average Bonchev–Trinajstić information content (AvgIpc) is 2.21. The van der Waals surface area contributed by atoms with Gasteiger partial charge in [-0.05, 0) is 6.92 Å². The molecule has 0 aromatic carbocycles. The van der Waals surface area contributed by atoms with Gasteiger partial charge in [0.1, 0.15) is 0 Å². The second-order valence-electron chi connectivity index (χ2n) is 3.08. The highest BCUT2D eigenvalue weighted by Gasteiger charge is 2.16. The van der Waals surface area contributed by atoms with Crippen LogP contribution < -0.4 is 5.73 Å². The summed E-state index contributed by atoms with van der Waals surface area (Å²) in [7, 11) is 0. The number of hydrogen-bond acceptors (Lipinski definition) is 4. The lowest BCUT2D eigenvalue weighted by Gasteiger charge is -2.09. The van der Waals surface area contributed by atoms with Gasteiger partial charge in [-0.15, -0.1) is 0 Å². The first-order valence-corrected chi connectivity index (χ1v) is 4.72. The number of anilines is 1. The number of carbonyl (C=O) groups excluding carboxylic acids is 1. The van der Waals surface area contributed by atoms with E-state index >= 15 is 0 Å². The minimum absolute atomic E-state index is 0.0990. The first-order valence-electron chi connectivity index (χ1n) is 4.72. The van der Waals surface area contributed by atoms with Crippen LogP contribution in [-0.4, -0.2) is 17.6 Å². The van der Waals surface area contributed by atoms with Gasteiger partial charge in [-0.3, -0.25) is 9.78 Å². The number of nitrogen functional groups attached to an aromatic ring is 1. The Labute approximate surface area is 91.4 Å². The van der Waals surface area contributed by atoms with Gasteiger partial charge in [0.15, 0.2) is 0 Å². The molecule has 0 aliphatic rings. The lowest BCUT2D eigenvalue weighted by molar-refractivity contribution is -0.142. The molecule has 0 atom stereocenters. The summed E-state index contributed by atoms with van der Waals surface area (Å²) >= 11 is 0. The first kappa shape index (κ1) is 12.4. The number of nitrogens with two attached hydrogens (primary N) is 1. The molecule has 6 heteroatoms. The number of esters is 1. The van der Waals surface area contributed by atoms with Crippen LogP contribution in [0.3, 0.4) is 0 Å². The first-order chi connectivity index (χ1) is 7.56. The van der Waals surface area contributed by atoms with Crippen molar-refractivity contribution in [2.45, 2.75) is 19.8 Å². The second kappa shape index (κ2) is 5.39. The molecule has 0 radical (unpaired) electrons. The van der Waals surface area contributed by atoms with E-state index in [1.165, 1.54) is 6.20 Å². The van der Waals surface area contributed by atoms with Crippen LogP contribution in [0.1, 0.15) is 24.5 Å². The van der Waals surface area contributed by atoms with Gasteiger partial charge in [0, 0.05) is 23.6 Å². The van der Waals surface area contributed by atoms with E-state index in [9.17, 15) is 13.6 Å². The van der Waals surface area contributed by atoms with Crippen molar-refractivity contribution in [1.29, 1.82) is 0 Å². The summed E-state index contributed by atoms with van der Waals surface area (Å²) < 4.78 is 29.6. The van der Waals surface area contributed by atoms with E-state index in [0.29, 0.717) is 0 Å². The van der Waals surface area contributed by atoms with Crippen molar-refractivity contribution in [1.82, 2.24) is 4.98 Å². The van der Waals surface area contributed by atoms with Crippen LogP contribution in [0.5, 0.6) is 0 Å². The maximum atomic E-state index is 12.5. The summed E-state index contributed by atoms with van der Waals surface area (Å²) in [6.07, 6.45) is -0.560. The zero-order chi connectivity index (χ0) is 12.1. The highest BCUT2D eigenvalue weighted by molar-refractivity contribution is 5.75. The van der Waals surface area contributed by atoms with Crippen LogP contribution >= 0.6 is 0 Å². The van der Waals surface area contributed by atoms with Gasteiger partial charge in [0.2, 0.25) is 0 Å². The minimum atomic E-state index is -2.70. The molecule has 0 aliphatic carbocycles. The molecule has 0 fully saturated rings. The highest BCUT2D eigenvalue weighted by atomic mass is 19.3. The molecule has 1 rings (SSSR count). The van der Waals surface area contributed by atoms with Crippen molar-refractivity contribution < 1.29 is 18.3 Å². The molecular formula is C10H12F2N2O2. The SMILES string of the molecule is CCOC(=O)Cc1cncc(C(F)F)c1N. The molecule has 0 aliphatic heterocycles. The number of carbonyl (C=O) groups is 1. The molecule has 2 N–H and O–H groups in total. The van der Waals surface area contributed by atoms with Gasteiger partial charge in [0.05, 0.1) is 18.6 Å². The molecule has 0 bridgehead atoms. The number of alkyl halides is 2. The summed E-state index contributed by atoms with van der Waals surface area (Å²) in [5, 5.41) is 0. The second-order valence-corrected chi connectivity index (χ2v) is 3.08. The molecule has 1 aromatic rings. The van der Waals surface area contributed by atoms with E-state index in [4.69, 9.17) is 10.5 Å². The van der Waals surface area contributed by atoms with Crippen LogP contribution in [0.25, 0.3) is 0 Å². The zero-order valence-electron chi connectivity index (χ0n) is 8.74. The lowest BCUT2D eigenvalue weighted by atomic mass is 10.1. The van der Waals surface area contributed by atoms with E-state index in [1.807, 2.05) is 0 Å². The van der Waals surface area contributed by atoms with Crippen LogP contribution in [-0.2, 0) is 16.0 Å². The van der Waals surface area contributed by atoms with Gasteiger partial charge >= 0.3 is 5.97 Å². The summed E-state index contributed by atoms with van der Waals surface area (Å²) in [6.45, 7) is 1.90. The Hall–Kier alpha value is -1.72. The Morgan fingerprint density at radius 1 is 1.56 bits per heavy atom. The fraction of sp³-hybridized carbons (Fsp3) is 0.400. The fourth-order valence-corrected chi connectivity index (χ4v) is 1.21. The Bertz CT molecular complexity index is 383. The Morgan fingerprint density at radius 3 is 2.81 bits per heavy atom. The molecule has 0 spiro atoms. The van der Waals surface area contributed by atoms with Crippen molar-refractivity contribution in [2.24, 2.45) is 0 Å². The van der Waals surface area contributed by atoms with Crippen LogP contribution in [0.2, 0.25) is 0 Å². The number of pyridine rings is 1. The molecule has 88 valence electrons. The highest BCUT2D eigenvalue weighted by Crippen LogP contribution is 2.26. The topological polar surface area (TPSA) is 65.2 Å². The monoisotopic (exact) mass is 230 g/mol. The van der Waals surface area contributed by atoms with E-state index in [1.54, 1.807) is 6.92 Å². The zero-order valence-corrected chi connectivity index (χ0v) is 8.74. The van der Waals surface area contributed by atoms with Gasteiger partial charge < -0.3 is 10.5 Å². The normalized spacial score (nSPS) is 10.5. The van der Waals surface area contributed by atoms with E-state index in [0.717, 1.165) is 6.20 Å². The standard InChI is InChI=1S/C10H12F2N2O2/c1-2-16-8(15)3-6-4-14-5-7(9(6)13)10(11)12/h4-5,10H,2-3H2,1H3,(H2,13,14). The van der Waals surface area contributed by atoms with Crippen molar-refractivity contribution in [3.8, 4) is 0 Å². The fourth-order valence-electron chi connectivity index (χ4n) is 1.21. The smallest absolute Gasteiger partial charge is 0.310 e. The van der Waals surface area contributed by atoms with E-state index < -0.39 is 12.4 Å². The van der Waals surface area contributed by atoms with Crippen molar-refractivity contribution >= 4 is 11.7 Å². The predicted octanol–water partition coefficient (Wildman–Crippen LogP) is 1.71. The third-order valence-corrected chi connectivity index (χ3v) is 1.98. The maximum absolute atomic E-state index is 12.5. The number of hydrogen-bond donors (Lipinski definition) is 1. The summed E-state index contributed by atoms with van der Waals surface area (Å²) in [4.78, 5) is 14.8. The van der Waals surface area contributed by atoms with Crippen LogP contribution in [0, 0.1) is 0 Å². The molecule has 0 amide bonds. The lowest BCUT2D eigenvalue weighted by Crippen LogP contribution is -2.11. The summed E-state index contributed by atoms with van der Waals surface area (Å²) in [5.41, 5.74) is 5.30. The minimum Gasteiger partial charge on any atom is -0.466 e. The number of halogens is 2. The van der Waals surface area contributed by atoms with Crippen molar-refractivity contribution in [3.63, 3.8) is 0 Å². The predicted molar refractivity (Wildman–Crippen MR) is 53.9 cm³/mol. The molecule has 1 heterocycles. The van der Waals surface area contributed by atoms with Crippen molar-refractivity contribution in [2.75, 3.05) is 12.3 Å². The summed E-state index contributed by atoms with van der Waals surface area (Å²) in [6, 6.07) is 0. The molecule has 0 unspecified atom stereocenters. The summed E-state index contributed by atoms with van der Waals surface area (Å²) in [5.74, 6) is -0.512. The number of rotatable bonds is 4. The van der Waals surface area contributed by atoms with Crippen molar-refractivity contribution in [3.05, 3.63) is 23.5 Å².